The number of nitrogens with zero attached hydrogens (tertiary/aromatic N) is 3. The number of carbonyl (C=O) groups excluding carboxylic acids is 1. The van der Waals surface area contributed by atoms with Crippen LogP contribution < -0.4 is 9.47 Å². The second-order valence-electron chi connectivity index (χ2n) is 5.06. The molecular weight excluding hydrogens is 314 g/mol. The molecule has 0 N–H and O–H groups in total. The summed E-state index contributed by atoms with van der Waals surface area (Å²) in [5, 5.41) is 1.99. The molecule has 1 fully saturated rings. The maximum atomic E-state index is 12.2. The van der Waals surface area contributed by atoms with Crippen LogP contribution in [0.25, 0.3) is 6.08 Å². The number of hydrogen-bond donors (Lipinski definition) is 0. The second-order valence-corrected chi connectivity index (χ2v) is 6.04. The first-order chi connectivity index (χ1) is 11.2. The molecule has 3 rings (SSSR count). The largest absolute Gasteiger partial charge is 0.480 e. The van der Waals surface area contributed by atoms with Gasteiger partial charge in [-0.3, -0.25) is 9.78 Å². The third-order valence-electron chi connectivity index (χ3n) is 3.48. The van der Waals surface area contributed by atoms with Gasteiger partial charge in [-0.25, -0.2) is 0 Å². The highest BCUT2D eigenvalue weighted by atomic mass is 32.1. The predicted molar refractivity (Wildman–Crippen MR) is 87.6 cm³/mol. The highest BCUT2D eigenvalue weighted by molar-refractivity contribution is 7.10. The summed E-state index contributed by atoms with van der Waals surface area (Å²) >= 11 is 1.60. The molecule has 2 aromatic heterocycles. The standard InChI is InChI=1S/C16H17N3O3S/c1-21-14-9-17-10-15(18-14)22-12-6-7-19(11-12)16(20)5-4-13-3-2-8-23-13/h2-5,8-10,12H,6-7,11H2,1H3/b5-4+/t12-/m1/s1. The lowest BCUT2D eigenvalue weighted by atomic mass is 10.3. The zero-order chi connectivity index (χ0) is 16.1. The molecule has 0 aromatic carbocycles. The van der Waals surface area contributed by atoms with Gasteiger partial charge >= 0.3 is 0 Å². The van der Waals surface area contributed by atoms with Crippen molar-refractivity contribution >= 4 is 23.3 Å². The summed E-state index contributed by atoms with van der Waals surface area (Å²) in [6.45, 7) is 1.22. The van der Waals surface area contributed by atoms with Crippen molar-refractivity contribution in [1.29, 1.82) is 0 Å². The summed E-state index contributed by atoms with van der Waals surface area (Å²) in [7, 11) is 1.53. The van der Waals surface area contributed by atoms with Crippen molar-refractivity contribution in [1.82, 2.24) is 14.9 Å². The predicted octanol–water partition coefficient (Wildman–Crippen LogP) is 2.24. The zero-order valence-electron chi connectivity index (χ0n) is 12.7. The van der Waals surface area contributed by atoms with Gasteiger partial charge in [-0.15, -0.1) is 11.3 Å². The van der Waals surface area contributed by atoms with Crippen LogP contribution in [0.3, 0.4) is 0 Å². The molecule has 2 aromatic rings. The van der Waals surface area contributed by atoms with Gasteiger partial charge in [0.15, 0.2) is 0 Å². The van der Waals surface area contributed by atoms with Crippen LogP contribution in [0.15, 0.2) is 36.0 Å². The van der Waals surface area contributed by atoms with Crippen molar-refractivity contribution < 1.29 is 14.3 Å². The summed E-state index contributed by atoms with van der Waals surface area (Å²) in [5.41, 5.74) is 0. The van der Waals surface area contributed by atoms with E-state index in [1.54, 1.807) is 28.5 Å². The van der Waals surface area contributed by atoms with Crippen molar-refractivity contribution in [3.05, 3.63) is 40.9 Å². The van der Waals surface area contributed by atoms with Crippen molar-refractivity contribution in [3.63, 3.8) is 0 Å². The van der Waals surface area contributed by atoms with Gasteiger partial charge in [0.1, 0.15) is 6.10 Å². The lowest BCUT2D eigenvalue weighted by Gasteiger charge is -2.15. The third kappa shape index (κ3) is 4.07. The monoisotopic (exact) mass is 331 g/mol. The van der Waals surface area contributed by atoms with E-state index in [1.807, 2.05) is 23.6 Å². The Kier molecular flexibility index (Phi) is 4.87. The van der Waals surface area contributed by atoms with E-state index in [1.165, 1.54) is 13.3 Å². The molecule has 6 nitrogen and oxygen atoms in total. The van der Waals surface area contributed by atoms with Crippen LogP contribution in [0.1, 0.15) is 11.3 Å². The number of aromatic nitrogens is 2. The molecule has 1 aliphatic heterocycles. The fraction of sp³-hybridized carbons (Fsp3) is 0.312. The number of ether oxygens (including phenoxy) is 2. The molecule has 0 saturated carbocycles. The van der Waals surface area contributed by atoms with Crippen molar-refractivity contribution in [2.24, 2.45) is 0 Å². The Labute approximate surface area is 138 Å². The van der Waals surface area contributed by atoms with Gasteiger partial charge in [0.05, 0.1) is 26.0 Å². The molecule has 7 heteroatoms. The Morgan fingerprint density at radius 2 is 2.30 bits per heavy atom. The smallest absolute Gasteiger partial charge is 0.246 e. The van der Waals surface area contributed by atoms with E-state index in [9.17, 15) is 4.79 Å². The molecule has 0 aliphatic carbocycles. The molecule has 3 heterocycles. The number of rotatable bonds is 5. The van der Waals surface area contributed by atoms with Gasteiger partial charge in [-0.05, 0) is 17.5 Å². The number of hydrogen-bond acceptors (Lipinski definition) is 6. The number of likely N-dealkylation sites (tertiary alicyclic amines) is 1. The van der Waals surface area contributed by atoms with Crippen LogP contribution in [0.5, 0.6) is 11.8 Å². The van der Waals surface area contributed by atoms with E-state index in [4.69, 9.17) is 9.47 Å². The van der Waals surface area contributed by atoms with E-state index in [2.05, 4.69) is 9.97 Å². The lowest BCUT2D eigenvalue weighted by molar-refractivity contribution is -0.125. The second kappa shape index (κ2) is 7.23. The third-order valence-corrected chi connectivity index (χ3v) is 4.31. The first-order valence-electron chi connectivity index (χ1n) is 7.28. The number of methoxy groups -OCH3 is 1. The van der Waals surface area contributed by atoms with E-state index in [0.29, 0.717) is 24.8 Å². The summed E-state index contributed by atoms with van der Waals surface area (Å²) in [6, 6.07) is 3.94. The highest BCUT2D eigenvalue weighted by Crippen LogP contribution is 2.18. The fourth-order valence-corrected chi connectivity index (χ4v) is 2.94. The lowest BCUT2D eigenvalue weighted by Crippen LogP contribution is -2.29. The minimum atomic E-state index is -0.0736. The van der Waals surface area contributed by atoms with Crippen LogP contribution in [-0.4, -0.2) is 47.1 Å². The molecular formula is C16H17N3O3S. The van der Waals surface area contributed by atoms with Crippen molar-refractivity contribution in [2.45, 2.75) is 12.5 Å². The number of thiophene rings is 1. The van der Waals surface area contributed by atoms with Crippen LogP contribution in [0.4, 0.5) is 0 Å². The summed E-state index contributed by atoms with van der Waals surface area (Å²) < 4.78 is 10.8. The topological polar surface area (TPSA) is 64.6 Å². The fourth-order valence-electron chi connectivity index (χ4n) is 2.33. The van der Waals surface area contributed by atoms with Gasteiger partial charge in [0, 0.05) is 23.9 Å². The SMILES string of the molecule is COc1cncc(O[C@@H]2CCN(C(=O)/C=C/c3cccs3)C2)n1. The van der Waals surface area contributed by atoms with E-state index < -0.39 is 0 Å². The normalized spacial score (nSPS) is 17.6. The van der Waals surface area contributed by atoms with E-state index in [-0.39, 0.29) is 12.0 Å². The average molecular weight is 331 g/mol. The summed E-state index contributed by atoms with van der Waals surface area (Å²) in [5.74, 6) is 0.825. The van der Waals surface area contributed by atoms with Crippen LogP contribution in [0, 0.1) is 0 Å². The van der Waals surface area contributed by atoms with Gasteiger partial charge in [-0.2, -0.15) is 4.98 Å². The first-order valence-corrected chi connectivity index (χ1v) is 8.16. The maximum absolute atomic E-state index is 12.2. The zero-order valence-corrected chi connectivity index (χ0v) is 13.5. The summed E-state index contributed by atoms with van der Waals surface area (Å²) in [6.07, 6.45) is 7.22. The molecule has 0 bridgehead atoms. The number of amides is 1. The first kappa shape index (κ1) is 15.5. The average Bonchev–Trinajstić information content (AvgIpc) is 3.24. The van der Waals surface area contributed by atoms with Gasteiger partial charge in [-0.1, -0.05) is 6.07 Å². The minimum Gasteiger partial charge on any atom is -0.480 e. The van der Waals surface area contributed by atoms with Crippen LogP contribution >= 0.6 is 11.3 Å². The Balaban J connectivity index is 1.54. The van der Waals surface area contributed by atoms with Crippen molar-refractivity contribution in [3.8, 4) is 11.8 Å². The molecule has 1 atom stereocenters. The quantitative estimate of drug-likeness (QED) is 0.786. The van der Waals surface area contributed by atoms with Gasteiger partial charge in [0.25, 0.3) is 0 Å². The Hall–Kier alpha value is -2.41. The molecule has 1 aliphatic rings. The Morgan fingerprint density at radius 3 is 3.09 bits per heavy atom. The molecule has 23 heavy (non-hydrogen) atoms. The van der Waals surface area contributed by atoms with E-state index in [0.717, 1.165) is 11.3 Å². The van der Waals surface area contributed by atoms with Crippen LogP contribution in [0.2, 0.25) is 0 Å². The number of carbonyl (C=O) groups is 1. The van der Waals surface area contributed by atoms with Crippen molar-refractivity contribution in [2.75, 3.05) is 20.2 Å². The highest BCUT2D eigenvalue weighted by Gasteiger charge is 2.26. The van der Waals surface area contributed by atoms with Gasteiger partial charge < -0.3 is 14.4 Å². The van der Waals surface area contributed by atoms with E-state index >= 15 is 0 Å². The molecule has 1 amide bonds. The Bertz CT molecular complexity index is 688. The molecule has 0 unspecified atom stereocenters. The molecule has 120 valence electrons. The molecule has 0 radical (unpaired) electrons. The molecule has 1 saturated heterocycles. The Morgan fingerprint density at radius 1 is 1.43 bits per heavy atom. The van der Waals surface area contributed by atoms with Gasteiger partial charge in [0.2, 0.25) is 17.7 Å². The molecule has 0 spiro atoms. The minimum absolute atomic E-state index is 0.00114. The van der Waals surface area contributed by atoms with Crippen LogP contribution in [-0.2, 0) is 4.79 Å². The summed E-state index contributed by atoms with van der Waals surface area (Å²) in [4.78, 5) is 23.2. The maximum Gasteiger partial charge on any atom is 0.246 e.